The molecule has 1 heterocycles. The van der Waals surface area contributed by atoms with Gasteiger partial charge in [0.25, 0.3) is 11.6 Å². The maximum atomic E-state index is 10.7. The molecule has 0 saturated carbocycles. The van der Waals surface area contributed by atoms with Crippen LogP contribution in [0.4, 0.5) is 5.69 Å². The fourth-order valence-corrected chi connectivity index (χ4v) is 1.83. The Kier molecular flexibility index (Phi) is 4.21. The molecular weight excluding hydrogens is 309 g/mol. The van der Waals surface area contributed by atoms with E-state index in [1.165, 1.54) is 31.6 Å². The summed E-state index contributed by atoms with van der Waals surface area (Å²) in [7, 11) is 1.39. The predicted octanol–water partition coefficient (Wildman–Crippen LogP) is 3.49. The van der Waals surface area contributed by atoms with E-state index in [-0.39, 0.29) is 33.2 Å². The molecule has 0 unspecified atom stereocenters. The minimum atomic E-state index is -0.589. The Hall–Kier alpha value is -2.12. The van der Waals surface area contributed by atoms with Crippen molar-refractivity contribution in [1.82, 2.24) is 9.97 Å². The number of methoxy groups -OCH3 is 1. The highest BCUT2D eigenvalue weighted by atomic mass is 35.5. The van der Waals surface area contributed by atoms with E-state index in [0.717, 1.165) is 0 Å². The van der Waals surface area contributed by atoms with Gasteiger partial charge in [-0.15, -0.1) is 0 Å². The molecule has 1 aromatic heterocycles. The number of hydrogen-bond acceptors (Lipinski definition) is 6. The Bertz CT molecular complexity index is 666. The Morgan fingerprint density at radius 3 is 2.65 bits per heavy atom. The van der Waals surface area contributed by atoms with E-state index in [2.05, 4.69) is 9.97 Å². The Balaban J connectivity index is 2.34. The standard InChI is InChI=1S/C11H7Cl2N3O4/c1-19-9-10(13)14-5-15-11(9)20-6-2-3-8(16(17)18)7(12)4-6/h2-5H,1H3. The summed E-state index contributed by atoms with van der Waals surface area (Å²) in [4.78, 5) is 17.7. The van der Waals surface area contributed by atoms with Gasteiger partial charge in [-0.05, 0) is 6.07 Å². The minimum absolute atomic E-state index is 0.0494. The third-order valence-electron chi connectivity index (χ3n) is 2.26. The molecule has 0 saturated heterocycles. The zero-order chi connectivity index (χ0) is 14.7. The molecule has 0 radical (unpaired) electrons. The van der Waals surface area contributed by atoms with Crippen LogP contribution in [0.25, 0.3) is 0 Å². The summed E-state index contributed by atoms with van der Waals surface area (Å²) in [6.45, 7) is 0. The lowest BCUT2D eigenvalue weighted by molar-refractivity contribution is -0.384. The Morgan fingerprint density at radius 1 is 1.30 bits per heavy atom. The van der Waals surface area contributed by atoms with Gasteiger partial charge in [0.2, 0.25) is 5.75 Å². The highest BCUT2D eigenvalue weighted by Gasteiger charge is 2.16. The molecule has 0 aliphatic rings. The summed E-state index contributed by atoms with van der Waals surface area (Å²) >= 11 is 11.6. The minimum Gasteiger partial charge on any atom is -0.489 e. The van der Waals surface area contributed by atoms with Gasteiger partial charge in [-0.3, -0.25) is 10.1 Å². The number of nitrogens with zero attached hydrogens (tertiary/aromatic N) is 3. The van der Waals surface area contributed by atoms with Crippen molar-refractivity contribution in [2.75, 3.05) is 7.11 Å². The molecule has 0 bridgehead atoms. The van der Waals surface area contributed by atoms with E-state index < -0.39 is 4.92 Å². The van der Waals surface area contributed by atoms with Gasteiger partial charge in [0.05, 0.1) is 12.0 Å². The molecule has 2 rings (SSSR count). The molecular formula is C11H7Cl2N3O4. The first-order chi connectivity index (χ1) is 9.52. The molecule has 0 atom stereocenters. The van der Waals surface area contributed by atoms with Crippen molar-refractivity contribution >= 4 is 28.9 Å². The summed E-state index contributed by atoms with van der Waals surface area (Å²) in [5, 5.41) is 10.7. The third-order valence-corrected chi connectivity index (χ3v) is 2.83. The van der Waals surface area contributed by atoms with E-state index in [1.807, 2.05) is 0 Å². The first-order valence-corrected chi connectivity index (χ1v) is 5.94. The second-order valence-electron chi connectivity index (χ2n) is 3.48. The first kappa shape index (κ1) is 14.3. The van der Waals surface area contributed by atoms with Crippen LogP contribution in [-0.2, 0) is 0 Å². The van der Waals surface area contributed by atoms with Crippen molar-refractivity contribution in [3.63, 3.8) is 0 Å². The van der Waals surface area contributed by atoms with Crippen molar-refractivity contribution < 1.29 is 14.4 Å². The first-order valence-electron chi connectivity index (χ1n) is 5.19. The number of halogens is 2. The van der Waals surface area contributed by atoms with Crippen LogP contribution in [0.3, 0.4) is 0 Å². The van der Waals surface area contributed by atoms with Gasteiger partial charge in [-0.1, -0.05) is 23.2 Å². The van der Waals surface area contributed by atoms with Gasteiger partial charge in [-0.25, -0.2) is 4.98 Å². The number of rotatable bonds is 4. The number of hydrogen-bond donors (Lipinski definition) is 0. The van der Waals surface area contributed by atoms with Crippen molar-refractivity contribution in [3.8, 4) is 17.4 Å². The fraction of sp³-hybridized carbons (Fsp3) is 0.0909. The summed E-state index contributed by atoms with van der Waals surface area (Å²) in [5.41, 5.74) is -0.216. The van der Waals surface area contributed by atoms with Crippen LogP contribution in [0.2, 0.25) is 10.2 Å². The van der Waals surface area contributed by atoms with Gasteiger partial charge in [0.1, 0.15) is 17.1 Å². The zero-order valence-corrected chi connectivity index (χ0v) is 11.6. The SMILES string of the molecule is COc1c(Cl)ncnc1Oc1ccc([N+](=O)[O-])c(Cl)c1. The predicted molar refractivity (Wildman–Crippen MR) is 71.8 cm³/mol. The van der Waals surface area contributed by atoms with E-state index >= 15 is 0 Å². The van der Waals surface area contributed by atoms with Gasteiger partial charge in [0, 0.05) is 12.1 Å². The highest BCUT2D eigenvalue weighted by Crippen LogP contribution is 2.36. The van der Waals surface area contributed by atoms with Crippen LogP contribution < -0.4 is 9.47 Å². The lowest BCUT2D eigenvalue weighted by Gasteiger charge is -2.09. The lowest BCUT2D eigenvalue weighted by atomic mass is 10.3. The van der Waals surface area contributed by atoms with Gasteiger partial charge in [0.15, 0.2) is 5.15 Å². The molecule has 0 spiro atoms. The number of nitro benzene ring substituents is 1. The molecule has 0 N–H and O–H groups in total. The van der Waals surface area contributed by atoms with Crippen molar-refractivity contribution in [3.05, 3.63) is 44.8 Å². The van der Waals surface area contributed by atoms with Gasteiger partial charge in [-0.2, -0.15) is 4.98 Å². The Labute approximate surface area is 123 Å². The quantitative estimate of drug-likeness (QED) is 0.487. The van der Waals surface area contributed by atoms with Crippen LogP contribution in [0.5, 0.6) is 17.4 Å². The number of aromatic nitrogens is 2. The lowest BCUT2D eigenvalue weighted by Crippen LogP contribution is -1.96. The smallest absolute Gasteiger partial charge is 0.288 e. The molecule has 2 aromatic rings. The molecule has 104 valence electrons. The average Bonchev–Trinajstić information content (AvgIpc) is 2.38. The molecule has 1 aromatic carbocycles. The van der Waals surface area contributed by atoms with E-state index in [0.29, 0.717) is 0 Å². The van der Waals surface area contributed by atoms with Crippen LogP contribution >= 0.6 is 23.2 Å². The summed E-state index contributed by atoms with van der Waals surface area (Å²) in [6.07, 6.45) is 1.20. The molecule has 0 fully saturated rings. The topological polar surface area (TPSA) is 87.4 Å². The molecule has 9 heteroatoms. The van der Waals surface area contributed by atoms with E-state index in [1.54, 1.807) is 0 Å². The van der Waals surface area contributed by atoms with Crippen molar-refractivity contribution in [2.45, 2.75) is 0 Å². The monoisotopic (exact) mass is 315 g/mol. The number of ether oxygens (including phenoxy) is 2. The van der Waals surface area contributed by atoms with E-state index in [9.17, 15) is 10.1 Å². The summed E-state index contributed by atoms with van der Waals surface area (Å²) < 4.78 is 10.4. The molecule has 0 aliphatic carbocycles. The second-order valence-corrected chi connectivity index (χ2v) is 4.24. The third kappa shape index (κ3) is 2.89. The van der Waals surface area contributed by atoms with Crippen molar-refractivity contribution in [2.24, 2.45) is 0 Å². The second kappa shape index (κ2) is 5.89. The summed E-state index contributed by atoms with van der Waals surface area (Å²) in [6, 6.07) is 3.92. The molecule has 20 heavy (non-hydrogen) atoms. The highest BCUT2D eigenvalue weighted by molar-refractivity contribution is 6.32. The zero-order valence-electron chi connectivity index (χ0n) is 10.0. The summed E-state index contributed by atoms with van der Waals surface area (Å²) in [5.74, 6) is 0.495. The number of nitro groups is 1. The van der Waals surface area contributed by atoms with Gasteiger partial charge < -0.3 is 9.47 Å². The molecule has 7 nitrogen and oxygen atoms in total. The molecule has 0 aliphatic heterocycles. The maximum absolute atomic E-state index is 10.7. The van der Waals surface area contributed by atoms with Crippen LogP contribution in [0.15, 0.2) is 24.5 Å². The van der Waals surface area contributed by atoms with Crippen molar-refractivity contribution in [1.29, 1.82) is 0 Å². The fourth-order valence-electron chi connectivity index (χ4n) is 1.39. The van der Waals surface area contributed by atoms with Crippen LogP contribution in [0.1, 0.15) is 0 Å². The van der Waals surface area contributed by atoms with E-state index in [4.69, 9.17) is 32.7 Å². The molecule has 0 amide bonds. The normalized spacial score (nSPS) is 10.2. The average molecular weight is 316 g/mol. The van der Waals surface area contributed by atoms with Gasteiger partial charge >= 0.3 is 0 Å². The number of benzene rings is 1. The largest absolute Gasteiger partial charge is 0.489 e. The Morgan fingerprint density at radius 2 is 2.05 bits per heavy atom. The maximum Gasteiger partial charge on any atom is 0.288 e. The van der Waals surface area contributed by atoms with Crippen LogP contribution in [-0.4, -0.2) is 22.0 Å². The van der Waals surface area contributed by atoms with Crippen LogP contribution in [0, 0.1) is 10.1 Å².